The molecule has 1 aliphatic carbocycles. The Morgan fingerprint density at radius 3 is 1.61 bits per heavy atom. The van der Waals surface area contributed by atoms with Crippen LogP contribution in [0.5, 0.6) is 0 Å². The highest BCUT2D eigenvalue weighted by Gasteiger charge is 2.31. The summed E-state index contributed by atoms with van der Waals surface area (Å²) in [5, 5.41) is 6.13. The molecule has 6 aromatic carbocycles. The number of fused-ring (bicyclic) bond motifs is 1. The van der Waals surface area contributed by atoms with Crippen molar-refractivity contribution < 1.29 is 9.53 Å². The fraction of sp³-hybridized carbons (Fsp3) is 0.255. The van der Waals surface area contributed by atoms with Crippen LogP contribution in [0.1, 0.15) is 74.3 Å². The van der Waals surface area contributed by atoms with E-state index in [-0.39, 0.29) is 18.1 Å². The lowest BCUT2D eigenvalue weighted by molar-refractivity contribution is -0.146. The predicted octanol–water partition coefficient (Wildman–Crippen LogP) is 12.6. The van der Waals surface area contributed by atoms with Crippen LogP contribution in [0, 0.1) is 19.8 Å². The number of hydrogen-bond acceptors (Lipinski definition) is 5. The van der Waals surface area contributed by atoms with E-state index in [0.29, 0.717) is 5.57 Å². The number of aryl methyl sites for hydroxylation is 2. The first-order chi connectivity index (χ1) is 27.2. The number of carbonyl (C=O) groups excluding carboxylic acids is 1. The van der Waals surface area contributed by atoms with Gasteiger partial charge in [-0.05, 0) is 151 Å². The van der Waals surface area contributed by atoms with Crippen LogP contribution < -0.4 is 15.1 Å². The standard InChI is InChI=1S/C51H54N3O2/c1-7-53(40-25-17-36(5)18-26-40)42-29-21-38(22-30-42)50(39-23-31-43(32-24-39)54(8-2)41-27-19-37(6)20-28-41)46-33-34-47(45-14-10-9-13-44(45)46)52-48-15-11-12-16-49(48)56-51(55)35(3)4/h9-10,13-14,17-34,48-49,52H,3,7-8,11-12,15-16H2,1-2,4-6H3/q+1. The Morgan fingerprint density at radius 2 is 1.12 bits per heavy atom. The first-order valence-corrected chi connectivity index (χ1v) is 20.2. The minimum atomic E-state index is -0.318. The molecule has 2 unspecified atom stereocenters. The number of esters is 1. The second-order valence-electron chi connectivity index (χ2n) is 15.1. The summed E-state index contributed by atoms with van der Waals surface area (Å²) >= 11 is 0. The van der Waals surface area contributed by atoms with E-state index in [0.717, 1.165) is 83.3 Å². The predicted molar refractivity (Wildman–Crippen MR) is 236 cm³/mol. The van der Waals surface area contributed by atoms with Gasteiger partial charge >= 0.3 is 5.97 Å². The van der Waals surface area contributed by atoms with Crippen LogP contribution in [-0.2, 0) is 9.53 Å². The van der Waals surface area contributed by atoms with Gasteiger partial charge in [0.15, 0.2) is 0 Å². The number of rotatable bonds is 13. The Labute approximate surface area is 333 Å². The second-order valence-corrected chi connectivity index (χ2v) is 15.1. The second kappa shape index (κ2) is 17.2. The molecule has 0 amide bonds. The molecule has 0 saturated heterocycles. The lowest BCUT2D eigenvalue weighted by Gasteiger charge is -2.33. The highest BCUT2D eigenvalue weighted by molar-refractivity contribution is 5.98. The topological polar surface area (TPSA) is 44.8 Å². The van der Waals surface area contributed by atoms with Gasteiger partial charge in [0, 0.05) is 40.8 Å². The van der Waals surface area contributed by atoms with Crippen molar-refractivity contribution in [2.45, 2.75) is 72.4 Å². The number of nitrogens with zero attached hydrogens (tertiary/aromatic N) is 2. The van der Waals surface area contributed by atoms with E-state index in [4.69, 9.17) is 4.74 Å². The van der Waals surface area contributed by atoms with Crippen molar-refractivity contribution in [1.29, 1.82) is 0 Å². The van der Waals surface area contributed by atoms with Gasteiger partial charge in [-0.15, -0.1) is 0 Å². The average molecular weight is 741 g/mol. The van der Waals surface area contributed by atoms with Crippen molar-refractivity contribution in [2.24, 2.45) is 0 Å². The molecule has 0 aromatic heterocycles. The number of ether oxygens (including phenoxy) is 1. The van der Waals surface area contributed by atoms with Crippen LogP contribution >= 0.6 is 0 Å². The summed E-state index contributed by atoms with van der Waals surface area (Å²) in [6.45, 7) is 15.9. The zero-order valence-electron chi connectivity index (χ0n) is 33.5. The molecule has 0 spiro atoms. The van der Waals surface area contributed by atoms with Crippen molar-refractivity contribution in [3.05, 3.63) is 179 Å². The molecule has 0 radical (unpaired) electrons. The van der Waals surface area contributed by atoms with E-state index < -0.39 is 0 Å². The van der Waals surface area contributed by atoms with Crippen LogP contribution in [0.2, 0.25) is 0 Å². The maximum atomic E-state index is 12.6. The summed E-state index contributed by atoms with van der Waals surface area (Å²) in [6, 6.07) is 48.7. The SMILES string of the molecule is C=C(C)C(=O)OC1CCCCC1Nc1ccc([C+](c2ccc(N(CC)c3ccc(C)cc3)cc2)c2ccc(N(CC)c3ccc(C)cc3)cc2)c2ccccc12. The molecule has 284 valence electrons. The van der Waals surface area contributed by atoms with Crippen LogP contribution in [0.4, 0.5) is 28.4 Å². The number of hydrogen-bond donors (Lipinski definition) is 1. The molecule has 1 fully saturated rings. The third kappa shape index (κ3) is 8.33. The molecule has 56 heavy (non-hydrogen) atoms. The van der Waals surface area contributed by atoms with Gasteiger partial charge in [0.25, 0.3) is 0 Å². The molecule has 1 aliphatic rings. The minimum absolute atomic E-state index is 0.0231. The molecule has 5 nitrogen and oxygen atoms in total. The molecule has 0 bridgehead atoms. The summed E-state index contributed by atoms with van der Waals surface area (Å²) in [5.74, 6) is 0.857. The molecule has 6 aromatic rings. The largest absolute Gasteiger partial charge is 0.457 e. The van der Waals surface area contributed by atoms with Crippen LogP contribution in [0.3, 0.4) is 0 Å². The normalized spacial score (nSPS) is 15.2. The Kier molecular flexibility index (Phi) is 11.8. The Bertz CT molecular complexity index is 2160. The van der Waals surface area contributed by atoms with Crippen molar-refractivity contribution in [2.75, 3.05) is 28.2 Å². The van der Waals surface area contributed by atoms with Gasteiger partial charge in [0.1, 0.15) is 6.10 Å². The fourth-order valence-electron chi connectivity index (χ4n) is 8.06. The molecule has 0 aliphatic heterocycles. The maximum Gasteiger partial charge on any atom is 0.333 e. The fourth-order valence-corrected chi connectivity index (χ4v) is 8.06. The van der Waals surface area contributed by atoms with Crippen molar-refractivity contribution in [1.82, 2.24) is 0 Å². The highest BCUT2D eigenvalue weighted by atomic mass is 16.5. The molecule has 0 heterocycles. The molecule has 5 heteroatoms. The summed E-state index contributed by atoms with van der Waals surface area (Å²) < 4.78 is 5.95. The van der Waals surface area contributed by atoms with Crippen molar-refractivity contribution in [3.63, 3.8) is 0 Å². The first-order valence-electron chi connectivity index (χ1n) is 20.2. The molecule has 1 saturated carbocycles. The van der Waals surface area contributed by atoms with Crippen molar-refractivity contribution >= 4 is 45.2 Å². The van der Waals surface area contributed by atoms with Crippen LogP contribution in [0.15, 0.2) is 146 Å². The number of benzene rings is 6. The Hall–Kier alpha value is -5.94. The number of carbonyl (C=O) groups is 1. The molecule has 1 N–H and O–H groups in total. The smallest absolute Gasteiger partial charge is 0.333 e. The van der Waals surface area contributed by atoms with Gasteiger partial charge in [-0.1, -0.05) is 60.5 Å². The van der Waals surface area contributed by atoms with Gasteiger partial charge in [-0.2, -0.15) is 0 Å². The van der Waals surface area contributed by atoms with Gasteiger partial charge in [0.2, 0.25) is 0 Å². The molecular formula is C51H54N3O2+. The quantitative estimate of drug-likeness (QED) is 0.0553. The monoisotopic (exact) mass is 740 g/mol. The summed E-state index contributed by atoms with van der Waals surface area (Å²) in [4.78, 5) is 17.3. The van der Waals surface area contributed by atoms with E-state index in [1.54, 1.807) is 6.92 Å². The van der Waals surface area contributed by atoms with Crippen LogP contribution in [0.25, 0.3) is 10.8 Å². The lowest BCUT2D eigenvalue weighted by atomic mass is 9.82. The first kappa shape index (κ1) is 38.3. The van der Waals surface area contributed by atoms with E-state index in [1.165, 1.54) is 28.4 Å². The van der Waals surface area contributed by atoms with Gasteiger partial charge in [0.05, 0.1) is 45.7 Å². The maximum absolute atomic E-state index is 12.6. The van der Waals surface area contributed by atoms with Gasteiger partial charge in [-0.3, -0.25) is 0 Å². The minimum Gasteiger partial charge on any atom is -0.457 e. The highest BCUT2D eigenvalue weighted by Crippen LogP contribution is 2.40. The van der Waals surface area contributed by atoms with E-state index in [9.17, 15) is 4.79 Å². The average Bonchev–Trinajstić information content (AvgIpc) is 3.22. The zero-order valence-corrected chi connectivity index (χ0v) is 33.5. The summed E-state index contributed by atoms with van der Waals surface area (Å²) in [5.41, 5.74) is 12.1. The van der Waals surface area contributed by atoms with Gasteiger partial charge in [-0.25, -0.2) is 4.79 Å². The van der Waals surface area contributed by atoms with Crippen LogP contribution in [-0.4, -0.2) is 31.2 Å². The summed E-state index contributed by atoms with van der Waals surface area (Å²) in [7, 11) is 0. The third-order valence-electron chi connectivity index (χ3n) is 11.1. The lowest BCUT2D eigenvalue weighted by Crippen LogP contribution is -2.40. The Morgan fingerprint density at radius 1 is 0.661 bits per heavy atom. The van der Waals surface area contributed by atoms with Crippen molar-refractivity contribution in [3.8, 4) is 0 Å². The van der Waals surface area contributed by atoms with Gasteiger partial charge < -0.3 is 19.9 Å². The van der Waals surface area contributed by atoms with E-state index in [1.807, 2.05) is 0 Å². The van der Waals surface area contributed by atoms with E-state index in [2.05, 4.69) is 183 Å². The molecule has 2 atom stereocenters. The third-order valence-corrected chi connectivity index (χ3v) is 11.1. The number of anilines is 5. The Balaban J connectivity index is 1.28. The molecular weight excluding hydrogens is 687 g/mol. The number of nitrogens with one attached hydrogen (secondary N) is 1. The summed E-state index contributed by atoms with van der Waals surface area (Å²) in [6.07, 6.45) is 3.72. The molecule has 7 rings (SSSR count). The zero-order chi connectivity index (χ0) is 39.2. The van der Waals surface area contributed by atoms with E-state index >= 15 is 0 Å².